The Morgan fingerprint density at radius 1 is 0.633 bits per heavy atom. The molecule has 0 amide bonds. The Hall–Kier alpha value is -1.96. The molecule has 0 N–H and O–H groups in total. The first-order valence-electron chi connectivity index (χ1n) is 9.52. The third-order valence-electron chi connectivity index (χ3n) is 5.69. The van der Waals surface area contributed by atoms with Crippen LogP contribution in [0.4, 0.5) is 37.7 Å². The molecule has 8 heteroatoms. The SMILES string of the molecule is Cc1cc(C)cc(N(c2cc(C(F)(F)F)cc(C(F)(F)F)c2)[Si](C)(C)C(C)(C)C)c1. The lowest BCUT2D eigenvalue weighted by molar-refractivity contribution is -0.143. The summed E-state index contributed by atoms with van der Waals surface area (Å²) in [7, 11) is -2.63. The zero-order valence-electron chi connectivity index (χ0n) is 18.2. The Kier molecular flexibility index (Phi) is 6.18. The van der Waals surface area contributed by atoms with E-state index in [-0.39, 0.29) is 16.8 Å². The van der Waals surface area contributed by atoms with E-state index in [1.807, 2.05) is 53.8 Å². The van der Waals surface area contributed by atoms with E-state index < -0.39 is 31.7 Å². The molecule has 2 aromatic carbocycles. The van der Waals surface area contributed by atoms with Gasteiger partial charge < -0.3 is 4.57 Å². The minimum Gasteiger partial charge on any atom is -0.369 e. The number of halogens is 6. The molecular formula is C22H27F6NSi. The van der Waals surface area contributed by atoms with Gasteiger partial charge >= 0.3 is 12.4 Å². The van der Waals surface area contributed by atoms with Crippen LogP contribution >= 0.6 is 0 Å². The van der Waals surface area contributed by atoms with Gasteiger partial charge in [0, 0.05) is 11.4 Å². The van der Waals surface area contributed by atoms with Crippen LogP contribution in [-0.2, 0) is 12.4 Å². The molecule has 2 aromatic rings. The Morgan fingerprint density at radius 3 is 1.33 bits per heavy atom. The maximum atomic E-state index is 13.5. The van der Waals surface area contributed by atoms with Gasteiger partial charge in [0.15, 0.2) is 8.24 Å². The second-order valence-corrected chi connectivity index (χ2v) is 14.3. The van der Waals surface area contributed by atoms with E-state index in [1.54, 1.807) is 16.7 Å². The van der Waals surface area contributed by atoms with Crippen LogP contribution in [0.3, 0.4) is 0 Å². The average molecular weight is 448 g/mol. The lowest BCUT2D eigenvalue weighted by atomic mass is 10.1. The van der Waals surface area contributed by atoms with E-state index in [4.69, 9.17) is 0 Å². The third-order valence-corrected chi connectivity index (χ3v) is 11.0. The zero-order valence-corrected chi connectivity index (χ0v) is 19.2. The van der Waals surface area contributed by atoms with Crippen molar-refractivity contribution in [2.45, 2.75) is 65.1 Å². The van der Waals surface area contributed by atoms with Crippen LogP contribution in [0.2, 0.25) is 18.1 Å². The molecule has 2 rings (SSSR count). The molecule has 30 heavy (non-hydrogen) atoms. The normalized spacial score (nSPS) is 13.5. The number of alkyl halides is 6. The van der Waals surface area contributed by atoms with Gasteiger partial charge in [0.25, 0.3) is 0 Å². The molecule has 0 radical (unpaired) electrons. The molecule has 0 unspecified atom stereocenters. The highest BCUT2D eigenvalue weighted by atomic mass is 28.3. The van der Waals surface area contributed by atoms with E-state index in [2.05, 4.69) is 0 Å². The van der Waals surface area contributed by atoms with Gasteiger partial charge in [0.2, 0.25) is 0 Å². The topological polar surface area (TPSA) is 3.24 Å². The molecule has 1 nitrogen and oxygen atoms in total. The molecule has 166 valence electrons. The van der Waals surface area contributed by atoms with Gasteiger partial charge in [-0.1, -0.05) is 39.9 Å². The van der Waals surface area contributed by atoms with E-state index >= 15 is 0 Å². The predicted molar refractivity (Wildman–Crippen MR) is 112 cm³/mol. The monoisotopic (exact) mass is 447 g/mol. The van der Waals surface area contributed by atoms with Gasteiger partial charge in [-0.25, -0.2) is 0 Å². The first-order valence-corrected chi connectivity index (χ1v) is 12.5. The second-order valence-electron chi connectivity index (χ2n) is 9.25. The Bertz CT molecular complexity index is 870. The van der Waals surface area contributed by atoms with Crippen molar-refractivity contribution in [3.8, 4) is 0 Å². The summed E-state index contributed by atoms with van der Waals surface area (Å²) in [6, 6.07) is 7.36. The first kappa shape index (κ1) is 24.3. The first-order chi connectivity index (χ1) is 13.3. The molecule has 0 heterocycles. The molecule has 0 fully saturated rings. The molecule has 0 aliphatic carbocycles. The summed E-state index contributed by atoms with van der Waals surface area (Å²) >= 11 is 0. The van der Waals surface area contributed by atoms with Crippen molar-refractivity contribution in [2.24, 2.45) is 0 Å². The summed E-state index contributed by atoms with van der Waals surface area (Å²) in [5.74, 6) is 0. The third kappa shape index (κ3) is 5.02. The molecule has 0 aliphatic rings. The molecule has 0 spiro atoms. The van der Waals surface area contributed by atoms with Crippen LogP contribution in [0.15, 0.2) is 36.4 Å². The summed E-state index contributed by atoms with van der Waals surface area (Å²) in [6.45, 7) is 13.5. The largest absolute Gasteiger partial charge is 0.416 e. The van der Waals surface area contributed by atoms with Gasteiger partial charge in [-0.05, 0) is 60.3 Å². The number of anilines is 2. The average Bonchev–Trinajstić information content (AvgIpc) is 2.50. The smallest absolute Gasteiger partial charge is 0.369 e. The van der Waals surface area contributed by atoms with Crippen molar-refractivity contribution in [2.75, 3.05) is 4.57 Å². The lowest BCUT2D eigenvalue weighted by Crippen LogP contribution is -2.53. The highest BCUT2D eigenvalue weighted by Crippen LogP contribution is 2.47. The summed E-state index contributed by atoms with van der Waals surface area (Å²) in [5, 5.41) is -0.336. The predicted octanol–water partition coefficient (Wildman–Crippen LogP) is 8.48. The lowest BCUT2D eigenvalue weighted by Gasteiger charge is -2.47. The van der Waals surface area contributed by atoms with E-state index in [1.165, 1.54) is 0 Å². The van der Waals surface area contributed by atoms with Crippen LogP contribution in [0, 0.1) is 13.8 Å². The molecule has 0 saturated heterocycles. The number of aryl methyl sites for hydroxylation is 2. The molecular weight excluding hydrogens is 420 g/mol. The van der Waals surface area contributed by atoms with E-state index in [0.29, 0.717) is 5.69 Å². The molecule has 0 aliphatic heterocycles. The van der Waals surface area contributed by atoms with Gasteiger partial charge in [-0.15, -0.1) is 0 Å². The standard InChI is InChI=1S/C22H27F6NSi/c1-14-8-15(2)10-18(9-14)29(30(6,7)20(3,4)5)19-12-16(21(23,24)25)11-17(13-19)22(26,27)28/h8-13H,1-7H3. The Balaban J connectivity index is 2.91. The number of nitrogens with zero attached hydrogens (tertiary/aromatic N) is 1. The fourth-order valence-corrected chi connectivity index (χ4v) is 5.50. The molecule has 0 bridgehead atoms. The maximum Gasteiger partial charge on any atom is 0.416 e. The summed E-state index contributed by atoms with van der Waals surface area (Å²) < 4.78 is 82.6. The highest BCUT2D eigenvalue weighted by Gasteiger charge is 2.44. The van der Waals surface area contributed by atoms with Crippen molar-refractivity contribution in [1.82, 2.24) is 0 Å². The van der Waals surface area contributed by atoms with Crippen LogP contribution < -0.4 is 4.57 Å². The van der Waals surface area contributed by atoms with E-state index in [9.17, 15) is 26.3 Å². The number of rotatable bonds is 3. The molecule has 0 aromatic heterocycles. The number of hydrogen-bond acceptors (Lipinski definition) is 1. The Labute approximate surface area is 174 Å². The fourth-order valence-electron chi connectivity index (χ4n) is 3.28. The zero-order chi connectivity index (χ0) is 23.3. The van der Waals surface area contributed by atoms with Gasteiger partial charge in [0.1, 0.15) is 0 Å². The highest BCUT2D eigenvalue weighted by molar-refractivity contribution is 6.84. The Morgan fingerprint density at radius 2 is 1.00 bits per heavy atom. The van der Waals surface area contributed by atoms with Crippen LogP contribution in [0.1, 0.15) is 43.0 Å². The quantitative estimate of drug-likeness (QED) is 0.337. The van der Waals surface area contributed by atoms with Crippen molar-refractivity contribution in [1.29, 1.82) is 0 Å². The summed E-state index contributed by atoms with van der Waals surface area (Å²) in [4.78, 5) is 0. The summed E-state index contributed by atoms with van der Waals surface area (Å²) in [5.41, 5.74) is -0.324. The molecule has 0 atom stereocenters. The molecule has 0 saturated carbocycles. The number of hydrogen-bond donors (Lipinski definition) is 0. The minimum atomic E-state index is -4.89. The maximum absolute atomic E-state index is 13.5. The van der Waals surface area contributed by atoms with Crippen LogP contribution in [-0.4, -0.2) is 8.24 Å². The van der Waals surface area contributed by atoms with Gasteiger partial charge in [-0.2, -0.15) is 26.3 Å². The minimum absolute atomic E-state index is 0.0891. The fraction of sp³-hybridized carbons (Fsp3) is 0.455. The van der Waals surface area contributed by atoms with Crippen LogP contribution in [0.25, 0.3) is 0 Å². The van der Waals surface area contributed by atoms with Crippen molar-refractivity contribution in [3.05, 3.63) is 58.7 Å². The summed E-state index contributed by atoms with van der Waals surface area (Å²) in [6.07, 6.45) is -9.78. The van der Waals surface area contributed by atoms with Crippen LogP contribution in [0.5, 0.6) is 0 Å². The van der Waals surface area contributed by atoms with E-state index in [0.717, 1.165) is 23.3 Å². The number of benzene rings is 2. The van der Waals surface area contributed by atoms with Gasteiger partial charge in [0.05, 0.1) is 11.1 Å². The van der Waals surface area contributed by atoms with Crippen molar-refractivity contribution >= 4 is 19.6 Å². The second kappa shape index (κ2) is 7.62. The van der Waals surface area contributed by atoms with Crippen molar-refractivity contribution in [3.63, 3.8) is 0 Å². The van der Waals surface area contributed by atoms with Crippen molar-refractivity contribution < 1.29 is 26.3 Å². The van der Waals surface area contributed by atoms with Gasteiger partial charge in [-0.3, -0.25) is 0 Å².